The van der Waals surface area contributed by atoms with Crippen LogP contribution in [0.25, 0.3) is 5.69 Å². The Hall–Kier alpha value is -3.88. The summed E-state index contributed by atoms with van der Waals surface area (Å²) in [6.45, 7) is 3.68. The van der Waals surface area contributed by atoms with Crippen LogP contribution in [0.1, 0.15) is 37.3 Å². The number of benzene rings is 2. The summed E-state index contributed by atoms with van der Waals surface area (Å²) in [5.41, 5.74) is 4.25. The van der Waals surface area contributed by atoms with E-state index in [2.05, 4.69) is 31.2 Å². The van der Waals surface area contributed by atoms with E-state index in [9.17, 15) is 4.79 Å². The molecule has 2 aromatic heterocycles. The molecule has 4 aromatic rings. The van der Waals surface area contributed by atoms with Crippen molar-refractivity contribution < 1.29 is 9.53 Å². The highest BCUT2D eigenvalue weighted by molar-refractivity contribution is 7.80. The molecular weight excluding hydrogens is 518 g/mol. The van der Waals surface area contributed by atoms with Crippen molar-refractivity contribution in [1.29, 1.82) is 0 Å². The van der Waals surface area contributed by atoms with Crippen LogP contribution in [0.4, 0.5) is 11.4 Å². The summed E-state index contributed by atoms with van der Waals surface area (Å²) in [4.78, 5) is 18.9. The standard InChI is InChI=1S/C29H28ClN5O2S/c1-18(2)28(36)32-23-14-11-20(17-22(23)30)35-27(26(33-29(35)38)24-7-4-5-15-31-24)25-8-6-16-34(25)19-9-12-21(37-3)13-10-19/h4-18,26-27H,1-3H3,(H,32,36)(H,33,38)/t26-,27+/m0/s1. The van der Waals surface area contributed by atoms with Crippen LogP contribution in [0.15, 0.2) is 85.2 Å². The van der Waals surface area contributed by atoms with E-state index in [1.54, 1.807) is 13.3 Å². The molecular formula is C29H28ClN5O2S. The second-order valence-corrected chi connectivity index (χ2v) is 10.1. The van der Waals surface area contributed by atoms with E-state index in [1.165, 1.54) is 0 Å². The Labute approximate surface area is 232 Å². The summed E-state index contributed by atoms with van der Waals surface area (Å²) in [5, 5.41) is 7.37. The molecule has 194 valence electrons. The molecule has 3 heterocycles. The van der Waals surface area contributed by atoms with Crippen molar-refractivity contribution in [3.05, 3.63) is 102 Å². The van der Waals surface area contributed by atoms with Gasteiger partial charge in [0, 0.05) is 35.4 Å². The summed E-state index contributed by atoms with van der Waals surface area (Å²) >= 11 is 12.5. The second kappa shape index (κ2) is 10.8. The van der Waals surface area contributed by atoms with Crippen LogP contribution in [0.5, 0.6) is 5.75 Å². The lowest BCUT2D eigenvalue weighted by atomic mass is 10.0. The SMILES string of the molecule is COc1ccc(-n2cccc2[C@@H]2[C@H](c3ccccn3)NC(=S)N2c2ccc(NC(=O)C(C)C)c(Cl)c2)cc1. The number of pyridine rings is 1. The van der Waals surface area contributed by atoms with Crippen molar-refractivity contribution in [2.24, 2.45) is 5.92 Å². The number of rotatable bonds is 7. The maximum atomic E-state index is 12.2. The number of carbonyl (C=O) groups excluding carboxylic acids is 1. The monoisotopic (exact) mass is 545 g/mol. The minimum Gasteiger partial charge on any atom is -0.497 e. The van der Waals surface area contributed by atoms with E-state index in [1.807, 2.05) is 86.8 Å². The number of halogens is 1. The summed E-state index contributed by atoms with van der Waals surface area (Å²) in [5.74, 6) is 0.539. The van der Waals surface area contributed by atoms with Gasteiger partial charge in [0.15, 0.2) is 5.11 Å². The largest absolute Gasteiger partial charge is 0.497 e. The van der Waals surface area contributed by atoms with Crippen LogP contribution in [0, 0.1) is 5.92 Å². The normalized spacial score (nSPS) is 17.0. The van der Waals surface area contributed by atoms with Gasteiger partial charge in [-0.25, -0.2) is 0 Å². The fourth-order valence-electron chi connectivity index (χ4n) is 4.58. The van der Waals surface area contributed by atoms with Crippen molar-refractivity contribution in [3.63, 3.8) is 0 Å². The number of hydrogen-bond acceptors (Lipinski definition) is 4. The molecule has 1 saturated heterocycles. The molecule has 1 amide bonds. The van der Waals surface area contributed by atoms with E-state index in [-0.39, 0.29) is 23.9 Å². The van der Waals surface area contributed by atoms with Gasteiger partial charge in [-0.15, -0.1) is 0 Å². The third kappa shape index (κ3) is 4.97. The zero-order valence-electron chi connectivity index (χ0n) is 21.3. The summed E-state index contributed by atoms with van der Waals surface area (Å²) in [7, 11) is 1.65. The minimum absolute atomic E-state index is 0.0941. The number of hydrogen-bond donors (Lipinski definition) is 2. The molecule has 7 nitrogen and oxygen atoms in total. The Morgan fingerprint density at radius 3 is 2.50 bits per heavy atom. The van der Waals surface area contributed by atoms with E-state index in [0.717, 1.165) is 28.5 Å². The molecule has 38 heavy (non-hydrogen) atoms. The first-order valence-electron chi connectivity index (χ1n) is 12.3. The van der Waals surface area contributed by atoms with Gasteiger partial charge in [0.25, 0.3) is 0 Å². The molecule has 2 aromatic carbocycles. The average Bonchev–Trinajstić information content (AvgIpc) is 3.54. The minimum atomic E-state index is -0.235. The molecule has 0 saturated carbocycles. The van der Waals surface area contributed by atoms with Crippen LogP contribution in [0.3, 0.4) is 0 Å². The first kappa shape index (κ1) is 25.8. The third-order valence-corrected chi connectivity index (χ3v) is 7.17. The van der Waals surface area contributed by atoms with Gasteiger partial charge in [-0.3, -0.25) is 9.78 Å². The fourth-order valence-corrected chi connectivity index (χ4v) is 5.15. The lowest BCUT2D eigenvalue weighted by Crippen LogP contribution is -2.30. The van der Waals surface area contributed by atoms with Gasteiger partial charge in [0.05, 0.1) is 29.6 Å². The lowest BCUT2D eigenvalue weighted by molar-refractivity contribution is -0.118. The lowest BCUT2D eigenvalue weighted by Gasteiger charge is -2.29. The Balaban J connectivity index is 1.59. The van der Waals surface area contributed by atoms with Gasteiger partial charge in [-0.2, -0.15) is 0 Å². The number of anilines is 2. The van der Waals surface area contributed by atoms with Gasteiger partial charge in [0.2, 0.25) is 5.91 Å². The predicted molar refractivity (Wildman–Crippen MR) is 155 cm³/mol. The topological polar surface area (TPSA) is 71.4 Å². The van der Waals surface area contributed by atoms with Crippen LogP contribution >= 0.6 is 23.8 Å². The Bertz CT molecular complexity index is 1460. The van der Waals surface area contributed by atoms with E-state index < -0.39 is 0 Å². The molecule has 0 aliphatic carbocycles. The van der Waals surface area contributed by atoms with Crippen molar-refractivity contribution in [2.75, 3.05) is 17.3 Å². The van der Waals surface area contributed by atoms with Crippen LogP contribution in [-0.4, -0.2) is 27.7 Å². The number of nitrogens with zero attached hydrogens (tertiary/aromatic N) is 3. The molecule has 0 spiro atoms. The maximum Gasteiger partial charge on any atom is 0.226 e. The molecule has 0 unspecified atom stereocenters. The highest BCUT2D eigenvalue weighted by Crippen LogP contribution is 2.43. The van der Waals surface area contributed by atoms with E-state index >= 15 is 0 Å². The number of nitrogens with one attached hydrogen (secondary N) is 2. The maximum absolute atomic E-state index is 12.2. The fraction of sp³-hybridized carbons (Fsp3) is 0.207. The Morgan fingerprint density at radius 1 is 1.08 bits per heavy atom. The molecule has 0 radical (unpaired) electrons. The number of methoxy groups -OCH3 is 1. The number of amides is 1. The molecule has 1 aliphatic heterocycles. The average molecular weight is 546 g/mol. The van der Waals surface area contributed by atoms with Gasteiger partial charge < -0.3 is 24.8 Å². The van der Waals surface area contributed by atoms with Crippen molar-refractivity contribution >= 4 is 46.2 Å². The Morgan fingerprint density at radius 2 is 1.84 bits per heavy atom. The van der Waals surface area contributed by atoms with E-state index in [0.29, 0.717) is 15.8 Å². The van der Waals surface area contributed by atoms with Crippen molar-refractivity contribution in [1.82, 2.24) is 14.9 Å². The van der Waals surface area contributed by atoms with Crippen molar-refractivity contribution in [3.8, 4) is 11.4 Å². The first-order valence-corrected chi connectivity index (χ1v) is 13.1. The summed E-state index contributed by atoms with van der Waals surface area (Å²) in [6.07, 6.45) is 3.81. The third-order valence-electron chi connectivity index (χ3n) is 6.55. The number of aromatic nitrogens is 2. The van der Waals surface area contributed by atoms with Crippen molar-refractivity contribution in [2.45, 2.75) is 25.9 Å². The van der Waals surface area contributed by atoms with Gasteiger partial charge in [-0.05, 0) is 78.9 Å². The van der Waals surface area contributed by atoms with Crippen LogP contribution in [0.2, 0.25) is 5.02 Å². The summed E-state index contributed by atoms with van der Waals surface area (Å²) < 4.78 is 7.49. The molecule has 9 heteroatoms. The zero-order valence-corrected chi connectivity index (χ0v) is 22.8. The number of carbonyl (C=O) groups is 1. The first-order chi connectivity index (χ1) is 18.4. The predicted octanol–water partition coefficient (Wildman–Crippen LogP) is 6.31. The van der Waals surface area contributed by atoms with Gasteiger partial charge >= 0.3 is 0 Å². The summed E-state index contributed by atoms with van der Waals surface area (Å²) in [6, 6.07) is 23.0. The second-order valence-electron chi connectivity index (χ2n) is 9.31. The van der Waals surface area contributed by atoms with Gasteiger partial charge in [-0.1, -0.05) is 31.5 Å². The van der Waals surface area contributed by atoms with Crippen LogP contribution in [-0.2, 0) is 4.79 Å². The van der Waals surface area contributed by atoms with Crippen LogP contribution < -0.4 is 20.3 Å². The number of thiocarbonyl (C=S) groups is 1. The van der Waals surface area contributed by atoms with E-state index in [4.69, 9.17) is 28.6 Å². The highest BCUT2D eigenvalue weighted by Gasteiger charge is 2.42. The highest BCUT2D eigenvalue weighted by atomic mass is 35.5. The molecule has 2 atom stereocenters. The Kier molecular flexibility index (Phi) is 7.35. The molecule has 5 rings (SSSR count). The molecule has 1 aliphatic rings. The quantitative estimate of drug-likeness (QED) is 0.265. The number of ether oxygens (including phenoxy) is 1. The molecule has 0 bridgehead atoms. The van der Waals surface area contributed by atoms with Gasteiger partial charge in [0.1, 0.15) is 11.8 Å². The zero-order chi connectivity index (χ0) is 26.8. The smallest absolute Gasteiger partial charge is 0.226 e. The molecule has 1 fully saturated rings. The molecule has 2 N–H and O–H groups in total.